The Morgan fingerprint density at radius 3 is 1.25 bits per heavy atom. The van der Waals surface area contributed by atoms with Gasteiger partial charge >= 0.3 is 67.7 Å². The number of carbonyl (C=O) groups excluding carboxylic acids is 3. The number of carbonyl (C=O) groups is 9. The molecule has 0 radical (unpaired) electrons. The topological polar surface area (TPSA) is 362 Å². The Kier molecular flexibility index (Phi) is 28.5. The molecule has 1 aliphatic rings. The third-order valence-electron chi connectivity index (χ3n) is 9.05. The Balaban J connectivity index is 0.0000336. The number of amides is 4. The molecule has 0 spiro atoms. The molecule has 1 rings (SSSR count). The number of nitrogens with zero attached hydrogens (tertiary/aromatic N) is 4. The van der Waals surface area contributed by atoms with E-state index in [2.05, 4.69) is 16.0 Å². The maximum absolute atomic E-state index is 12.9. The fraction of sp³-hybridized carbons (Fsp3) is 0.735. The number of carboxylic acids is 6. The summed E-state index contributed by atoms with van der Waals surface area (Å²) in [7, 11) is 0. The first-order valence-corrected chi connectivity index (χ1v) is 18.9. The van der Waals surface area contributed by atoms with Gasteiger partial charge in [-0.15, -0.1) is 0 Å². The first-order valence-electron chi connectivity index (χ1n) is 18.9. The fourth-order valence-electron chi connectivity index (χ4n) is 5.85. The van der Waals surface area contributed by atoms with Crippen molar-refractivity contribution in [1.82, 2.24) is 40.9 Å². The van der Waals surface area contributed by atoms with Crippen LogP contribution in [0, 0.1) is 0 Å². The van der Waals surface area contributed by atoms with Crippen LogP contribution in [0.15, 0.2) is 0 Å². The molecule has 0 aliphatic carbocycles. The van der Waals surface area contributed by atoms with E-state index in [1.54, 1.807) is 19.6 Å². The van der Waals surface area contributed by atoms with Gasteiger partial charge in [0.1, 0.15) is 12.1 Å². The molecule has 3 atom stereocenters. The van der Waals surface area contributed by atoms with Crippen molar-refractivity contribution in [2.45, 2.75) is 69.5 Å². The molecular formula is C34H62InN9O15. The average molecular weight is 952 g/mol. The van der Waals surface area contributed by atoms with Gasteiger partial charge in [-0.3, -0.25) is 48.4 Å². The zero-order valence-electron chi connectivity index (χ0n) is 32.5. The number of nitrogens with one attached hydrogen (secondary N) is 4. The quantitative estimate of drug-likeness (QED) is 0.0363. The van der Waals surface area contributed by atoms with Crippen LogP contribution in [0.1, 0.15) is 51.4 Å². The first kappa shape index (κ1) is 54.7. The van der Waals surface area contributed by atoms with Crippen LogP contribution in [-0.4, -0.2) is 239 Å². The fourth-order valence-corrected chi connectivity index (χ4v) is 5.85. The molecule has 0 bridgehead atoms. The van der Waals surface area contributed by atoms with Crippen LogP contribution in [-0.2, 0) is 38.4 Å². The second-order valence-corrected chi connectivity index (χ2v) is 13.9. The summed E-state index contributed by atoms with van der Waals surface area (Å²) in [5.41, 5.74) is 6.00. The van der Waals surface area contributed by atoms with Gasteiger partial charge in [0.15, 0.2) is 0 Å². The molecule has 1 fully saturated rings. The third-order valence-corrected chi connectivity index (χ3v) is 9.05. The Morgan fingerprint density at radius 2 is 0.864 bits per heavy atom. The number of carboxylic acid groups (broad SMARTS) is 6. The van der Waals surface area contributed by atoms with Crippen molar-refractivity contribution in [3.8, 4) is 0 Å². The molecule has 0 aromatic rings. The van der Waals surface area contributed by atoms with Crippen LogP contribution >= 0.6 is 0 Å². The van der Waals surface area contributed by atoms with Crippen LogP contribution in [0.3, 0.4) is 0 Å². The van der Waals surface area contributed by atoms with Gasteiger partial charge in [-0.2, -0.15) is 0 Å². The molecule has 0 aromatic carbocycles. The second-order valence-electron chi connectivity index (χ2n) is 13.9. The SMILES string of the molecule is N[C@@H](CCCCNC(=O)CN1CCN(CC(=O)O)CCN(CC(=O)O)CCN(CC(=O)O)CC1)C(=O)NCCCC[C@H](NC(=O)N[C@@H](CCC(=O)O)C(=O)O)C(=O)O.[InH3]. The summed E-state index contributed by atoms with van der Waals surface area (Å²) in [6.07, 6.45) is 0.956. The van der Waals surface area contributed by atoms with Gasteiger partial charge in [-0.05, 0) is 44.9 Å². The van der Waals surface area contributed by atoms with E-state index in [1.165, 1.54) is 0 Å². The predicted molar refractivity (Wildman–Crippen MR) is 212 cm³/mol. The Labute approximate surface area is 359 Å². The number of unbranched alkanes of at least 4 members (excludes halogenated alkanes) is 2. The monoisotopic (exact) mass is 951 g/mol. The van der Waals surface area contributed by atoms with Gasteiger partial charge in [-0.1, -0.05) is 0 Å². The maximum atomic E-state index is 12.9. The molecule has 0 unspecified atom stereocenters. The summed E-state index contributed by atoms with van der Waals surface area (Å²) in [6, 6.07) is -4.83. The van der Waals surface area contributed by atoms with Crippen LogP contribution in [0.25, 0.3) is 0 Å². The molecule has 1 heterocycles. The van der Waals surface area contributed by atoms with Crippen molar-refractivity contribution in [2.24, 2.45) is 5.73 Å². The van der Waals surface area contributed by atoms with Crippen molar-refractivity contribution in [3.63, 3.8) is 0 Å². The van der Waals surface area contributed by atoms with Crippen molar-refractivity contribution >= 4 is 79.5 Å². The first-order chi connectivity index (χ1) is 27.4. The van der Waals surface area contributed by atoms with Crippen molar-refractivity contribution in [3.05, 3.63) is 0 Å². The summed E-state index contributed by atoms with van der Waals surface area (Å²) in [5.74, 6) is -8.01. The molecule has 1 saturated heterocycles. The van der Waals surface area contributed by atoms with E-state index < -0.39 is 78.7 Å². The minimum atomic E-state index is -1.53. The van der Waals surface area contributed by atoms with Gasteiger partial charge in [0.2, 0.25) is 11.8 Å². The number of urea groups is 1. The summed E-state index contributed by atoms with van der Waals surface area (Å²) in [4.78, 5) is 112. The molecule has 12 N–H and O–H groups in total. The summed E-state index contributed by atoms with van der Waals surface area (Å²) < 4.78 is 0. The zero-order valence-corrected chi connectivity index (χ0v) is 32.5. The van der Waals surface area contributed by atoms with Crippen LogP contribution in [0.2, 0.25) is 0 Å². The van der Waals surface area contributed by atoms with Gasteiger partial charge in [0, 0.05) is 71.9 Å². The van der Waals surface area contributed by atoms with Crippen LogP contribution in [0.5, 0.6) is 0 Å². The minimum absolute atomic E-state index is 0. The molecule has 336 valence electrons. The number of rotatable bonds is 26. The van der Waals surface area contributed by atoms with Gasteiger partial charge in [0.25, 0.3) is 0 Å². The second kappa shape index (κ2) is 30.7. The van der Waals surface area contributed by atoms with E-state index in [0.717, 1.165) is 0 Å². The van der Waals surface area contributed by atoms with Crippen molar-refractivity contribution < 1.29 is 73.8 Å². The van der Waals surface area contributed by atoms with E-state index in [1.807, 2.05) is 5.32 Å². The zero-order chi connectivity index (χ0) is 43.6. The number of hydrogen-bond donors (Lipinski definition) is 11. The molecule has 25 heteroatoms. The van der Waals surface area contributed by atoms with E-state index in [-0.39, 0.29) is 123 Å². The predicted octanol–water partition coefficient (Wildman–Crippen LogP) is -4.75. The van der Waals surface area contributed by atoms with Crippen LogP contribution < -0.4 is 27.0 Å². The molecule has 0 saturated carbocycles. The number of hydrogen-bond acceptors (Lipinski definition) is 14. The van der Waals surface area contributed by atoms with Crippen molar-refractivity contribution in [2.75, 3.05) is 91.6 Å². The van der Waals surface area contributed by atoms with E-state index in [4.69, 9.17) is 15.9 Å². The van der Waals surface area contributed by atoms with E-state index in [0.29, 0.717) is 38.8 Å². The standard InChI is InChI=1S/C34H59N9O15.In.3H/c35-23(31(53)37-10-4-2-6-24(32(54)55)38-34(58)39-25(33(56)57)7-8-27(45)46)5-1-3-9-36-26(44)19-40-11-13-41(20-28(47)48)15-17-43(22-30(51)52)18-16-42(14-12-40)21-29(49)50;;;;/h23-25H,1-22,35H2,(H,36,44)(H,37,53)(H,45,46)(H,47,48)(H,49,50)(H,51,52)(H,54,55)(H,56,57)(H2,38,39,58);;;;/t23-,24-,25-;;;;/m0..../s1. The van der Waals surface area contributed by atoms with Crippen LogP contribution in [0.4, 0.5) is 4.79 Å². The number of nitrogens with two attached hydrogens (primary N) is 1. The van der Waals surface area contributed by atoms with Gasteiger partial charge in [-0.25, -0.2) is 14.4 Å². The summed E-state index contributed by atoms with van der Waals surface area (Å²) in [6.45, 7) is 1.73. The number of aliphatic carboxylic acids is 6. The van der Waals surface area contributed by atoms with E-state index in [9.17, 15) is 63.6 Å². The molecule has 0 aromatic heterocycles. The molecule has 59 heavy (non-hydrogen) atoms. The molecule has 4 amide bonds. The Hall–Kier alpha value is -4.30. The normalized spacial score (nSPS) is 16.4. The Bertz CT molecular complexity index is 1360. The average Bonchev–Trinajstić information content (AvgIpc) is 3.12. The van der Waals surface area contributed by atoms with Crippen molar-refractivity contribution in [1.29, 1.82) is 0 Å². The Morgan fingerprint density at radius 1 is 0.492 bits per heavy atom. The van der Waals surface area contributed by atoms with Gasteiger partial charge in [0.05, 0.1) is 32.2 Å². The third kappa shape index (κ3) is 27.2. The molecular weight excluding hydrogens is 889 g/mol. The summed E-state index contributed by atoms with van der Waals surface area (Å²) in [5, 5.41) is 65.1. The summed E-state index contributed by atoms with van der Waals surface area (Å²) >= 11 is 0. The van der Waals surface area contributed by atoms with Gasteiger partial charge < -0.3 is 57.6 Å². The van der Waals surface area contributed by atoms with E-state index >= 15 is 0 Å². The molecule has 1 aliphatic heterocycles. The molecule has 24 nitrogen and oxygen atoms in total.